The zero-order valence-corrected chi connectivity index (χ0v) is 11.6. The van der Waals surface area contributed by atoms with E-state index >= 15 is 0 Å². The van der Waals surface area contributed by atoms with Gasteiger partial charge < -0.3 is 5.32 Å². The summed E-state index contributed by atoms with van der Waals surface area (Å²) in [5.41, 5.74) is 3.26. The summed E-state index contributed by atoms with van der Waals surface area (Å²) < 4.78 is 0. The monoisotopic (exact) mass is 283 g/mol. The normalized spacial score (nSPS) is 12.2. The largest absolute Gasteiger partial charge is 0.325 e. The Hall–Kier alpha value is -0.830. The van der Waals surface area contributed by atoms with Crippen LogP contribution < -0.4 is 5.32 Å². The number of rotatable bonds is 4. The number of carbonyl (C=O) groups is 1. The lowest BCUT2D eigenvalue weighted by Crippen LogP contribution is -2.23. The summed E-state index contributed by atoms with van der Waals surface area (Å²) in [6.45, 7) is 6.09. The molecule has 0 spiro atoms. The first-order chi connectivity index (χ1) is 7.60. The van der Waals surface area contributed by atoms with Gasteiger partial charge in [0.05, 0.1) is 4.83 Å². The highest BCUT2D eigenvalue weighted by molar-refractivity contribution is 9.10. The van der Waals surface area contributed by atoms with Crippen molar-refractivity contribution in [2.45, 2.75) is 38.4 Å². The van der Waals surface area contributed by atoms with Crippen molar-refractivity contribution < 1.29 is 4.79 Å². The van der Waals surface area contributed by atoms with E-state index in [9.17, 15) is 4.79 Å². The Labute approximate surface area is 106 Å². The van der Waals surface area contributed by atoms with Crippen LogP contribution in [0.4, 0.5) is 5.69 Å². The van der Waals surface area contributed by atoms with Gasteiger partial charge in [-0.2, -0.15) is 0 Å². The predicted molar refractivity (Wildman–Crippen MR) is 72.2 cm³/mol. The van der Waals surface area contributed by atoms with E-state index in [1.807, 2.05) is 26.0 Å². The van der Waals surface area contributed by atoms with E-state index in [0.717, 1.165) is 24.1 Å². The molecule has 0 heterocycles. The van der Waals surface area contributed by atoms with Gasteiger partial charge in [-0.15, -0.1) is 0 Å². The number of anilines is 1. The number of nitrogens with one attached hydrogen (secondary N) is 1. The van der Waals surface area contributed by atoms with Gasteiger partial charge in [0.25, 0.3) is 0 Å². The molecule has 1 aromatic rings. The van der Waals surface area contributed by atoms with Gasteiger partial charge in [0.2, 0.25) is 5.91 Å². The summed E-state index contributed by atoms with van der Waals surface area (Å²) in [7, 11) is 0. The van der Waals surface area contributed by atoms with E-state index in [0.29, 0.717) is 0 Å². The third kappa shape index (κ3) is 3.08. The van der Waals surface area contributed by atoms with Gasteiger partial charge in [0.1, 0.15) is 0 Å². The molecule has 0 bridgehead atoms. The minimum Gasteiger partial charge on any atom is -0.325 e. The fraction of sp³-hybridized carbons (Fsp3) is 0.462. The van der Waals surface area contributed by atoms with E-state index in [2.05, 4.69) is 34.2 Å². The van der Waals surface area contributed by atoms with Gasteiger partial charge in [-0.1, -0.05) is 48.0 Å². The van der Waals surface area contributed by atoms with Crippen molar-refractivity contribution in [2.75, 3.05) is 5.32 Å². The van der Waals surface area contributed by atoms with Gasteiger partial charge in [-0.25, -0.2) is 0 Å². The second-order valence-electron chi connectivity index (χ2n) is 3.83. The molecule has 0 aromatic heterocycles. The Morgan fingerprint density at radius 1 is 1.44 bits per heavy atom. The number of alkyl halides is 1. The average Bonchev–Trinajstić information content (AvgIpc) is 2.30. The van der Waals surface area contributed by atoms with Gasteiger partial charge in [0, 0.05) is 5.69 Å². The highest BCUT2D eigenvalue weighted by atomic mass is 79.9. The van der Waals surface area contributed by atoms with E-state index in [1.54, 1.807) is 0 Å². The molecule has 3 heteroatoms. The van der Waals surface area contributed by atoms with Crippen LogP contribution in [0.3, 0.4) is 0 Å². The molecule has 16 heavy (non-hydrogen) atoms. The van der Waals surface area contributed by atoms with Crippen LogP contribution in [0.2, 0.25) is 0 Å². The third-order valence-electron chi connectivity index (χ3n) is 2.63. The standard InChI is InChI=1S/C13H18BrNO/c1-4-10-8-6-7-9(3)12(10)15-13(16)11(14)5-2/h6-8,11H,4-5H2,1-3H3,(H,15,16)/t11-/m1/s1. The predicted octanol–water partition coefficient (Wildman–Crippen LogP) is 3.67. The van der Waals surface area contributed by atoms with E-state index in [4.69, 9.17) is 0 Å². The molecule has 0 radical (unpaired) electrons. The van der Waals surface area contributed by atoms with Crippen molar-refractivity contribution in [2.24, 2.45) is 0 Å². The van der Waals surface area contributed by atoms with Crippen molar-refractivity contribution in [3.63, 3.8) is 0 Å². The maximum Gasteiger partial charge on any atom is 0.238 e. The number of hydrogen-bond donors (Lipinski definition) is 1. The summed E-state index contributed by atoms with van der Waals surface area (Å²) >= 11 is 3.36. The quantitative estimate of drug-likeness (QED) is 0.840. The van der Waals surface area contributed by atoms with E-state index in [1.165, 1.54) is 5.56 Å². The summed E-state index contributed by atoms with van der Waals surface area (Å²) in [4.78, 5) is 11.7. The van der Waals surface area contributed by atoms with Gasteiger partial charge in [-0.3, -0.25) is 4.79 Å². The number of carbonyl (C=O) groups excluding carboxylic acids is 1. The first kappa shape index (κ1) is 13.2. The summed E-state index contributed by atoms with van der Waals surface area (Å²) in [5, 5.41) is 2.99. The fourth-order valence-electron chi connectivity index (χ4n) is 1.59. The Kier molecular flexibility index (Phi) is 5.00. The molecule has 0 saturated heterocycles. The number of hydrogen-bond acceptors (Lipinski definition) is 1. The second-order valence-corrected chi connectivity index (χ2v) is 4.93. The van der Waals surface area contributed by atoms with Gasteiger partial charge in [0.15, 0.2) is 0 Å². The van der Waals surface area contributed by atoms with Crippen LogP contribution >= 0.6 is 15.9 Å². The van der Waals surface area contributed by atoms with Crippen LogP contribution in [0.25, 0.3) is 0 Å². The maximum absolute atomic E-state index is 11.8. The summed E-state index contributed by atoms with van der Waals surface area (Å²) in [5.74, 6) is 0.0338. The molecule has 1 N–H and O–H groups in total. The lowest BCUT2D eigenvalue weighted by atomic mass is 10.1. The van der Waals surface area contributed by atoms with E-state index < -0.39 is 0 Å². The topological polar surface area (TPSA) is 29.1 Å². The van der Waals surface area contributed by atoms with Crippen molar-refractivity contribution >= 4 is 27.5 Å². The maximum atomic E-state index is 11.8. The van der Waals surface area contributed by atoms with Crippen molar-refractivity contribution in [3.05, 3.63) is 29.3 Å². The molecule has 0 saturated carbocycles. The van der Waals surface area contributed by atoms with Crippen molar-refractivity contribution in [1.82, 2.24) is 0 Å². The van der Waals surface area contributed by atoms with Crippen LogP contribution in [0.1, 0.15) is 31.4 Å². The van der Waals surface area contributed by atoms with Crippen molar-refractivity contribution in [3.8, 4) is 0 Å². The highest BCUT2D eigenvalue weighted by Gasteiger charge is 2.14. The minimum absolute atomic E-state index is 0.0338. The molecule has 2 nitrogen and oxygen atoms in total. The van der Waals surface area contributed by atoms with Gasteiger partial charge in [-0.05, 0) is 30.9 Å². The zero-order chi connectivity index (χ0) is 12.1. The van der Waals surface area contributed by atoms with Crippen LogP contribution in [0.5, 0.6) is 0 Å². The Bertz CT molecular complexity index is 376. The first-order valence-electron chi connectivity index (χ1n) is 5.63. The highest BCUT2D eigenvalue weighted by Crippen LogP contribution is 2.22. The molecule has 1 rings (SSSR count). The minimum atomic E-state index is -0.114. The fourth-order valence-corrected chi connectivity index (χ4v) is 1.70. The van der Waals surface area contributed by atoms with Gasteiger partial charge >= 0.3 is 0 Å². The molecule has 0 fully saturated rings. The number of benzene rings is 1. The SMILES string of the molecule is CCc1cccc(C)c1NC(=O)[C@H](Br)CC. The number of para-hydroxylation sites is 1. The molecule has 0 aliphatic rings. The van der Waals surface area contributed by atoms with Crippen LogP contribution in [0, 0.1) is 6.92 Å². The Morgan fingerprint density at radius 3 is 2.69 bits per heavy atom. The number of halogens is 1. The van der Waals surface area contributed by atoms with Crippen molar-refractivity contribution in [1.29, 1.82) is 0 Å². The lowest BCUT2D eigenvalue weighted by molar-refractivity contribution is -0.115. The first-order valence-corrected chi connectivity index (χ1v) is 6.55. The lowest BCUT2D eigenvalue weighted by Gasteiger charge is -2.14. The Morgan fingerprint density at radius 2 is 2.12 bits per heavy atom. The molecule has 1 aromatic carbocycles. The summed E-state index contributed by atoms with van der Waals surface area (Å²) in [6, 6.07) is 6.09. The molecular formula is C13H18BrNO. The zero-order valence-electron chi connectivity index (χ0n) is 10.0. The molecular weight excluding hydrogens is 266 g/mol. The number of aryl methyl sites for hydroxylation is 2. The molecule has 1 atom stereocenters. The molecule has 0 unspecified atom stereocenters. The van der Waals surface area contributed by atoms with Crippen LogP contribution in [-0.4, -0.2) is 10.7 Å². The average molecular weight is 284 g/mol. The number of amides is 1. The molecule has 1 amide bonds. The summed E-state index contributed by atoms with van der Waals surface area (Å²) in [6.07, 6.45) is 1.72. The van der Waals surface area contributed by atoms with Crippen LogP contribution in [-0.2, 0) is 11.2 Å². The second kappa shape index (κ2) is 6.04. The Balaban J connectivity index is 2.92. The van der Waals surface area contributed by atoms with Crippen LogP contribution in [0.15, 0.2) is 18.2 Å². The van der Waals surface area contributed by atoms with E-state index in [-0.39, 0.29) is 10.7 Å². The molecule has 88 valence electrons. The third-order valence-corrected chi connectivity index (χ3v) is 3.69. The molecule has 0 aliphatic carbocycles. The smallest absolute Gasteiger partial charge is 0.238 e. The molecule has 0 aliphatic heterocycles.